The van der Waals surface area contributed by atoms with Gasteiger partial charge in [0.1, 0.15) is 18.2 Å². The number of halogens is 2. The Bertz CT molecular complexity index is 828. The molecule has 0 saturated carbocycles. The minimum Gasteiger partial charge on any atom is -0.356 e. The summed E-state index contributed by atoms with van der Waals surface area (Å²) in [6, 6.07) is 10.8. The van der Waals surface area contributed by atoms with Crippen molar-refractivity contribution in [3.05, 3.63) is 71.3 Å². The first-order chi connectivity index (χ1) is 12.5. The molecule has 0 radical (unpaired) electrons. The number of nitrogens with one attached hydrogen (secondary N) is 1. The van der Waals surface area contributed by atoms with Crippen LogP contribution in [0.2, 0.25) is 0 Å². The van der Waals surface area contributed by atoms with E-state index >= 15 is 0 Å². The van der Waals surface area contributed by atoms with Crippen LogP contribution in [-0.4, -0.2) is 36.5 Å². The smallest absolute Gasteiger partial charge is 0.251 e. The van der Waals surface area contributed by atoms with Gasteiger partial charge in [-0.05, 0) is 35.4 Å². The van der Waals surface area contributed by atoms with E-state index in [-0.39, 0.29) is 19.1 Å². The molecule has 2 atom stereocenters. The van der Waals surface area contributed by atoms with Crippen LogP contribution >= 0.6 is 0 Å². The fourth-order valence-electron chi connectivity index (χ4n) is 2.96. The van der Waals surface area contributed by atoms with Gasteiger partial charge in [0.2, 0.25) is 5.91 Å². The Morgan fingerprint density at radius 2 is 1.88 bits per heavy atom. The van der Waals surface area contributed by atoms with E-state index in [4.69, 9.17) is 4.74 Å². The van der Waals surface area contributed by atoms with Gasteiger partial charge < -0.3 is 15.0 Å². The lowest BCUT2D eigenvalue weighted by Gasteiger charge is -2.38. The summed E-state index contributed by atoms with van der Waals surface area (Å²) in [7, 11) is 1.55. The third-order valence-electron chi connectivity index (χ3n) is 4.29. The van der Waals surface area contributed by atoms with E-state index in [0.29, 0.717) is 11.1 Å². The molecule has 2 amide bonds. The van der Waals surface area contributed by atoms with Crippen molar-refractivity contribution in [1.82, 2.24) is 10.2 Å². The molecule has 0 bridgehead atoms. The summed E-state index contributed by atoms with van der Waals surface area (Å²) < 4.78 is 32.3. The number of ether oxygens (including phenoxy) is 1. The highest BCUT2D eigenvalue weighted by atomic mass is 19.1. The van der Waals surface area contributed by atoms with E-state index in [1.807, 2.05) is 0 Å². The van der Waals surface area contributed by atoms with E-state index in [9.17, 15) is 18.4 Å². The predicted molar refractivity (Wildman–Crippen MR) is 89.9 cm³/mol. The zero-order chi connectivity index (χ0) is 18.7. The summed E-state index contributed by atoms with van der Waals surface area (Å²) >= 11 is 0. The number of likely N-dealkylation sites (N-methyl/N-ethyl adjacent to an activating group) is 1. The maximum Gasteiger partial charge on any atom is 0.251 e. The summed E-state index contributed by atoms with van der Waals surface area (Å²) in [6.07, 6.45) is -0.993. The molecule has 0 unspecified atom stereocenters. The molecule has 136 valence electrons. The first-order valence-electron chi connectivity index (χ1n) is 8.10. The Hall–Kier alpha value is -2.80. The number of carbonyl (C=O) groups is 2. The highest BCUT2D eigenvalue weighted by Crippen LogP contribution is 2.29. The van der Waals surface area contributed by atoms with E-state index < -0.39 is 29.7 Å². The summed E-state index contributed by atoms with van der Waals surface area (Å²) in [6.45, 7) is -0.121. The molecule has 1 heterocycles. The van der Waals surface area contributed by atoms with Crippen molar-refractivity contribution < 1.29 is 23.1 Å². The number of carbonyl (C=O) groups excluding carboxylic acids is 2. The second-order valence-corrected chi connectivity index (χ2v) is 6.08. The van der Waals surface area contributed by atoms with Crippen molar-refractivity contribution >= 4 is 11.8 Å². The summed E-state index contributed by atoms with van der Waals surface area (Å²) in [5, 5.41) is 2.68. The van der Waals surface area contributed by atoms with E-state index in [1.54, 1.807) is 25.2 Å². The number of rotatable bonds is 4. The fourth-order valence-corrected chi connectivity index (χ4v) is 2.96. The number of morpholine rings is 1. The molecule has 2 aromatic carbocycles. The predicted octanol–water partition coefficient (Wildman–Crippen LogP) is 2.18. The third kappa shape index (κ3) is 3.88. The maximum atomic E-state index is 13.6. The molecule has 26 heavy (non-hydrogen) atoms. The van der Waals surface area contributed by atoms with Crippen molar-refractivity contribution in [3.63, 3.8) is 0 Å². The molecule has 0 spiro atoms. The van der Waals surface area contributed by atoms with Gasteiger partial charge in [-0.2, -0.15) is 0 Å². The first-order valence-corrected chi connectivity index (χ1v) is 8.10. The minimum absolute atomic E-state index is 0.115. The molecule has 1 aliphatic rings. The molecule has 3 rings (SSSR count). The number of benzene rings is 2. The van der Waals surface area contributed by atoms with Crippen LogP contribution in [-0.2, 0) is 20.9 Å². The number of hydrogen-bond donors (Lipinski definition) is 1. The Morgan fingerprint density at radius 3 is 2.58 bits per heavy atom. The standard InChI is InChI=1S/C19H18F2N2O3/c1-23-16(24)11-26-18(17(23)13-5-3-7-15(21)9-13)19(25)22-10-12-4-2-6-14(20)8-12/h2-9,17-18H,10-11H2,1H3,(H,22,25)/t17-,18+/m1/s1. The summed E-state index contributed by atoms with van der Waals surface area (Å²) in [5.74, 6) is -1.61. The largest absolute Gasteiger partial charge is 0.356 e. The van der Waals surface area contributed by atoms with E-state index in [1.165, 1.54) is 35.2 Å². The maximum absolute atomic E-state index is 13.6. The second-order valence-electron chi connectivity index (χ2n) is 6.08. The van der Waals surface area contributed by atoms with Crippen molar-refractivity contribution in [1.29, 1.82) is 0 Å². The van der Waals surface area contributed by atoms with Crippen molar-refractivity contribution in [2.24, 2.45) is 0 Å². The zero-order valence-electron chi connectivity index (χ0n) is 14.1. The molecule has 1 N–H and O–H groups in total. The molecular weight excluding hydrogens is 342 g/mol. The van der Waals surface area contributed by atoms with Crippen LogP contribution in [0.15, 0.2) is 48.5 Å². The Morgan fingerprint density at radius 1 is 1.19 bits per heavy atom. The van der Waals surface area contributed by atoms with Crippen LogP contribution in [0, 0.1) is 11.6 Å². The van der Waals surface area contributed by atoms with Gasteiger partial charge in [-0.15, -0.1) is 0 Å². The lowest BCUT2D eigenvalue weighted by molar-refractivity contribution is -0.162. The zero-order valence-corrected chi connectivity index (χ0v) is 14.1. The summed E-state index contributed by atoms with van der Waals surface area (Å²) in [5.41, 5.74) is 1.06. The van der Waals surface area contributed by atoms with Crippen LogP contribution < -0.4 is 5.32 Å². The van der Waals surface area contributed by atoms with Gasteiger partial charge >= 0.3 is 0 Å². The Kier molecular flexibility index (Phi) is 5.27. The second kappa shape index (κ2) is 7.61. The highest BCUT2D eigenvalue weighted by Gasteiger charge is 2.40. The van der Waals surface area contributed by atoms with Crippen LogP contribution in [0.5, 0.6) is 0 Å². The van der Waals surface area contributed by atoms with Crippen molar-refractivity contribution in [2.45, 2.75) is 18.7 Å². The van der Waals surface area contributed by atoms with E-state index in [2.05, 4.69) is 5.32 Å². The average Bonchev–Trinajstić information content (AvgIpc) is 2.62. The van der Waals surface area contributed by atoms with Crippen LogP contribution in [0.25, 0.3) is 0 Å². The third-order valence-corrected chi connectivity index (χ3v) is 4.29. The SMILES string of the molecule is CN1C(=O)CO[C@H](C(=O)NCc2cccc(F)c2)[C@H]1c1cccc(F)c1. The topological polar surface area (TPSA) is 58.6 Å². The number of amides is 2. The lowest BCUT2D eigenvalue weighted by atomic mass is 9.97. The minimum atomic E-state index is -0.993. The molecule has 0 aromatic heterocycles. The van der Waals surface area contributed by atoms with Crippen LogP contribution in [0.1, 0.15) is 17.2 Å². The quantitative estimate of drug-likeness (QED) is 0.909. The fraction of sp³-hybridized carbons (Fsp3) is 0.263. The van der Waals surface area contributed by atoms with Gasteiger partial charge in [0.25, 0.3) is 5.91 Å². The highest BCUT2D eigenvalue weighted by molar-refractivity contribution is 5.86. The first kappa shape index (κ1) is 18.0. The van der Waals surface area contributed by atoms with Crippen molar-refractivity contribution in [3.8, 4) is 0 Å². The molecule has 7 heteroatoms. The molecular formula is C19H18F2N2O3. The normalized spacial score (nSPS) is 20.1. The molecule has 2 aromatic rings. The van der Waals surface area contributed by atoms with E-state index in [0.717, 1.165) is 0 Å². The lowest BCUT2D eigenvalue weighted by Crippen LogP contribution is -2.52. The number of hydrogen-bond acceptors (Lipinski definition) is 3. The van der Waals surface area contributed by atoms with Crippen LogP contribution in [0.4, 0.5) is 8.78 Å². The van der Waals surface area contributed by atoms with Crippen molar-refractivity contribution in [2.75, 3.05) is 13.7 Å². The molecule has 1 saturated heterocycles. The van der Waals surface area contributed by atoms with Crippen LogP contribution in [0.3, 0.4) is 0 Å². The average molecular weight is 360 g/mol. The molecule has 1 fully saturated rings. The summed E-state index contributed by atoms with van der Waals surface area (Å²) in [4.78, 5) is 26.0. The van der Waals surface area contributed by atoms with Gasteiger partial charge in [-0.1, -0.05) is 24.3 Å². The number of nitrogens with zero attached hydrogens (tertiary/aromatic N) is 1. The van der Waals surface area contributed by atoms with Gasteiger partial charge in [0.15, 0.2) is 6.10 Å². The molecule has 1 aliphatic heterocycles. The molecule has 0 aliphatic carbocycles. The monoisotopic (exact) mass is 360 g/mol. The van der Waals surface area contributed by atoms with Gasteiger partial charge in [-0.25, -0.2) is 8.78 Å². The van der Waals surface area contributed by atoms with Gasteiger partial charge in [0, 0.05) is 13.6 Å². The Labute approximate surface area is 149 Å². The van der Waals surface area contributed by atoms with Gasteiger partial charge in [-0.3, -0.25) is 9.59 Å². The Balaban J connectivity index is 1.79. The van der Waals surface area contributed by atoms with Gasteiger partial charge in [0.05, 0.1) is 6.04 Å². The molecule has 5 nitrogen and oxygen atoms in total.